The van der Waals surface area contributed by atoms with Gasteiger partial charge >= 0.3 is 0 Å². The molecule has 5 heteroatoms. The molecule has 0 radical (unpaired) electrons. The van der Waals surface area contributed by atoms with Gasteiger partial charge in [-0.05, 0) is 31.6 Å². The van der Waals surface area contributed by atoms with Crippen LogP contribution < -0.4 is 4.90 Å². The maximum atomic E-state index is 10.4. The molecule has 1 aliphatic heterocycles. The van der Waals surface area contributed by atoms with Crippen LogP contribution in [0.3, 0.4) is 0 Å². The molecule has 2 heterocycles. The van der Waals surface area contributed by atoms with Crippen LogP contribution in [0.2, 0.25) is 0 Å². The molecule has 1 aromatic rings. The normalized spacial score (nSPS) is 32.0. The molecule has 1 fully saturated rings. The number of fused-ring (bicyclic) bond motifs is 1. The highest BCUT2D eigenvalue weighted by atomic mass is 32.1. The Morgan fingerprint density at radius 3 is 2.95 bits per heavy atom. The average Bonchev–Trinajstić information content (AvgIpc) is 2.81. The van der Waals surface area contributed by atoms with Crippen molar-refractivity contribution < 1.29 is 9.84 Å². The van der Waals surface area contributed by atoms with Crippen molar-refractivity contribution in [3.8, 4) is 0 Å². The average molecular weight is 310 g/mol. The molecule has 4 nitrogen and oxygen atoms in total. The third-order valence-electron chi connectivity index (χ3n) is 4.60. The summed E-state index contributed by atoms with van der Waals surface area (Å²) in [6.45, 7) is 10.4. The number of rotatable bonds is 2. The second-order valence-electron chi connectivity index (χ2n) is 7.23. The van der Waals surface area contributed by atoms with Crippen molar-refractivity contribution in [1.29, 1.82) is 0 Å². The summed E-state index contributed by atoms with van der Waals surface area (Å²) in [5.74, 6) is 0. The van der Waals surface area contributed by atoms with Gasteiger partial charge in [0.1, 0.15) is 0 Å². The van der Waals surface area contributed by atoms with Crippen LogP contribution in [-0.2, 0) is 11.2 Å². The molecular formula is C16H26N2O2S. The molecule has 0 saturated carbocycles. The molecule has 1 aromatic heterocycles. The van der Waals surface area contributed by atoms with E-state index in [2.05, 4.69) is 32.6 Å². The second kappa shape index (κ2) is 5.52. The van der Waals surface area contributed by atoms with E-state index in [4.69, 9.17) is 9.72 Å². The zero-order valence-corrected chi connectivity index (χ0v) is 14.2. The van der Waals surface area contributed by atoms with Crippen LogP contribution in [0.4, 0.5) is 5.13 Å². The predicted octanol–water partition coefficient (Wildman–Crippen LogP) is 3.15. The molecule has 0 spiro atoms. The van der Waals surface area contributed by atoms with Crippen LogP contribution in [-0.4, -0.2) is 35.4 Å². The molecule has 118 valence electrons. The quantitative estimate of drug-likeness (QED) is 0.911. The number of nitrogens with zero attached hydrogens (tertiary/aromatic N) is 2. The van der Waals surface area contributed by atoms with Crippen LogP contribution in [0.25, 0.3) is 0 Å². The Kier molecular flexibility index (Phi) is 4.01. The Morgan fingerprint density at radius 1 is 1.48 bits per heavy atom. The number of aromatic nitrogens is 1. The first-order valence-electron chi connectivity index (χ1n) is 7.95. The third-order valence-corrected chi connectivity index (χ3v) is 5.83. The van der Waals surface area contributed by atoms with Crippen LogP contribution in [0.15, 0.2) is 0 Å². The SMILES string of the molecule is CCC1COC(C)CN1c1nc2c(s1)C(O)CC(C)(C)C2. The Bertz CT molecular complexity index is 514. The number of morpholine rings is 1. The maximum Gasteiger partial charge on any atom is 0.186 e. The number of aliphatic hydroxyl groups is 1. The fourth-order valence-electron chi connectivity index (χ4n) is 3.42. The van der Waals surface area contributed by atoms with Gasteiger partial charge in [0.25, 0.3) is 0 Å². The molecule has 0 amide bonds. The second-order valence-corrected chi connectivity index (χ2v) is 8.24. The topological polar surface area (TPSA) is 45.6 Å². The van der Waals surface area contributed by atoms with Gasteiger partial charge in [0, 0.05) is 6.54 Å². The fraction of sp³-hybridized carbons (Fsp3) is 0.812. The van der Waals surface area contributed by atoms with Crippen molar-refractivity contribution in [3.63, 3.8) is 0 Å². The monoisotopic (exact) mass is 310 g/mol. The number of thiazole rings is 1. The molecule has 1 saturated heterocycles. The van der Waals surface area contributed by atoms with Crippen molar-refractivity contribution in [1.82, 2.24) is 4.98 Å². The van der Waals surface area contributed by atoms with Gasteiger partial charge in [0.05, 0.1) is 35.4 Å². The summed E-state index contributed by atoms with van der Waals surface area (Å²) in [7, 11) is 0. The van der Waals surface area contributed by atoms with E-state index in [1.807, 2.05) is 0 Å². The van der Waals surface area contributed by atoms with Gasteiger partial charge in [-0.15, -0.1) is 0 Å². The molecule has 1 N–H and O–H groups in total. The standard InChI is InChI=1S/C16H26N2O2S/c1-5-11-9-20-10(2)8-18(11)15-17-12-6-16(3,4)7-13(19)14(12)21-15/h10-11,13,19H,5-9H2,1-4H3. The van der Waals surface area contributed by atoms with Gasteiger partial charge in [-0.2, -0.15) is 0 Å². The van der Waals surface area contributed by atoms with E-state index in [0.29, 0.717) is 6.04 Å². The van der Waals surface area contributed by atoms with Crippen LogP contribution in [0, 0.1) is 5.41 Å². The van der Waals surface area contributed by atoms with E-state index in [-0.39, 0.29) is 17.6 Å². The van der Waals surface area contributed by atoms with E-state index < -0.39 is 0 Å². The largest absolute Gasteiger partial charge is 0.387 e. The van der Waals surface area contributed by atoms with E-state index in [1.165, 1.54) is 0 Å². The van der Waals surface area contributed by atoms with E-state index in [0.717, 1.165) is 48.1 Å². The highest BCUT2D eigenvalue weighted by Gasteiger charge is 2.36. The fourth-order valence-corrected chi connectivity index (χ4v) is 4.57. The maximum absolute atomic E-state index is 10.4. The summed E-state index contributed by atoms with van der Waals surface area (Å²) in [6.07, 6.45) is 2.75. The first kappa shape index (κ1) is 15.3. The Morgan fingerprint density at radius 2 is 2.24 bits per heavy atom. The number of hydrogen-bond acceptors (Lipinski definition) is 5. The molecule has 1 aliphatic carbocycles. The lowest BCUT2D eigenvalue weighted by atomic mass is 9.77. The number of hydrogen-bond donors (Lipinski definition) is 1. The molecule has 21 heavy (non-hydrogen) atoms. The third kappa shape index (κ3) is 2.96. The van der Waals surface area contributed by atoms with Gasteiger partial charge in [-0.25, -0.2) is 4.98 Å². The van der Waals surface area contributed by atoms with Crippen molar-refractivity contribution in [2.75, 3.05) is 18.1 Å². The van der Waals surface area contributed by atoms with Crippen LogP contribution in [0.5, 0.6) is 0 Å². The Labute approximate surface area is 131 Å². The summed E-state index contributed by atoms with van der Waals surface area (Å²) in [4.78, 5) is 8.35. The van der Waals surface area contributed by atoms with Crippen molar-refractivity contribution in [2.45, 2.75) is 65.2 Å². The first-order chi connectivity index (χ1) is 9.89. The smallest absolute Gasteiger partial charge is 0.186 e. The zero-order valence-electron chi connectivity index (χ0n) is 13.4. The van der Waals surface area contributed by atoms with Gasteiger partial charge in [-0.1, -0.05) is 32.1 Å². The molecule has 0 aromatic carbocycles. The van der Waals surface area contributed by atoms with Gasteiger partial charge in [-0.3, -0.25) is 0 Å². The number of anilines is 1. The van der Waals surface area contributed by atoms with Gasteiger partial charge in [0.2, 0.25) is 0 Å². The predicted molar refractivity (Wildman–Crippen MR) is 86.0 cm³/mol. The molecule has 0 bridgehead atoms. The molecule has 2 aliphatic rings. The Hall–Kier alpha value is -0.650. The van der Waals surface area contributed by atoms with E-state index >= 15 is 0 Å². The lowest BCUT2D eigenvalue weighted by Crippen LogP contribution is -2.48. The summed E-state index contributed by atoms with van der Waals surface area (Å²) < 4.78 is 5.78. The number of aliphatic hydroxyl groups excluding tert-OH is 1. The summed E-state index contributed by atoms with van der Waals surface area (Å²) in [5.41, 5.74) is 1.24. The van der Waals surface area contributed by atoms with Crippen molar-refractivity contribution >= 4 is 16.5 Å². The van der Waals surface area contributed by atoms with Gasteiger partial charge in [0.15, 0.2) is 5.13 Å². The van der Waals surface area contributed by atoms with E-state index in [9.17, 15) is 5.11 Å². The minimum Gasteiger partial charge on any atom is -0.387 e. The molecule has 3 rings (SSSR count). The zero-order chi connectivity index (χ0) is 15.2. The number of ether oxygens (including phenoxy) is 1. The highest BCUT2D eigenvalue weighted by Crippen LogP contribution is 2.45. The lowest BCUT2D eigenvalue weighted by Gasteiger charge is -2.38. The van der Waals surface area contributed by atoms with Crippen molar-refractivity contribution in [3.05, 3.63) is 10.6 Å². The molecular weight excluding hydrogens is 284 g/mol. The highest BCUT2D eigenvalue weighted by molar-refractivity contribution is 7.15. The lowest BCUT2D eigenvalue weighted by molar-refractivity contribution is 0.0299. The minimum atomic E-state index is -0.353. The summed E-state index contributed by atoms with van der Waals surface area (Å²) in [5, 5.41) is 11.5. The minimum absolute atomic E-state index is 0.139. The molecule has 3 unspecified atom stereocenters. The van der Waals surface area contributed by atoms with Crippen LogP contribution >= 0.6 is 11.3 Å². The Balaban J connectivity index is 1.90. The summed E-state index contributed by atoms with van der Waals surface area (Å²) >= 11 is 1.68. The van der Waals surface area contributed by atoms with Crippen molar-refractivity contribution in [2.24, 2.45) is 5.41 Å². The van der Waals surface area contributed by atoms with Crippen LogP contribution in [0.1, 0.15) is 57.2 Å². The van der Waals surface area contributed by atoms with E-state index in [1.54, 1.807) is 11.3 Å². The molecule has 3 atom stereocenters. The van der Waals surface area contributed by atoms with Gasteiger partial charge < -0.3 is 14.7 Å². The first-order valence-corrected chi connectivity index (χ1v) is 8.77. The summed E-state index contributed by atoms with van der Waals surface area (Å²) in [6, 6.07) is 0.402.